The Labute approximate surface area is 119 Å². The molecule has 0 radical (unpaired) electrons. The third kappa shape index (κ3) is 5.40. The lowest BCUT2D eigenvalue weighted by molar-refractivity contribution is 0.213. The summed E-state index contributed by atoms with van der Waals surface area (Å²) in [6.07, 6.45) is 6.37. The zero-order chi connectivity index (χ0) is 14.3. The largest absolute Gasteiger partial charge is 0.317 e. The molecule has 1 aliphatic rings. The van der Waals surface area contributed by atoms with Gasteiger partial charge in [0, 0.05) is 13.1 Å². The number of sulfonamides is 1. The van der Waals surface area contributed by atoms with E-state index in [1.54, 1.807) is 11.4 Å². The van der Waals surface area contributed by atoms with Crippen LogP contribution in [0.25, 0.3) is 0 Å². The normalized spacial score (nSPS) is 24.8. The minimum absolute atomic E-state index is 0.211. The molecule has 0 heterocycles. The highest BCUT2D eigenvalue weighted by Gasteiger charge is 2.31. The third-order valence-corrected chi connectivity index (χ3v) is 6.11. The second-order valence-electron chi connectivity index (χ2n) is 5.76. The average Bonchev–Trinajstić information content (AvgIpc) is 2.38. The van der Waals surface area contributed by atoms with Crippen molar-refractivity contribution in [1.29, 1.82) is 0 Å². The smallest absolute Gasteiger partial charge is 0.214 e. The van der Waals surface area contributed by atoms with Gasteiger partial charge in [-0.2, -0.15) is 0 Å². The second kappa shape index (κ2) is 8.22. The van der Waals surface area contributed by atoms with Gasteiger partial charge in [0.25, 0.3) is 0 Å². The quantitative estimate of drug-likeness (QED) is 0.697. The number of hydrogen-bond acceptors (Lipinski definition) is 3. The molecule has 0 bridgehead atoms. The summed E-state index contributed by atoms with van der Waals surface area (Å²) in [6.45, 7) is 6.05. The van der Waals surface area contributed by atoms with Gasteiger partial charge in [0.1, 0.15) is 0 Å². The lowest BCUT2D eigenvalue weighted by Crippen LogP contribution is -2.43. The molecular weight excluding hydrogens is 260 g/mol. The summed E-state index contributed by atoms with van der Waals surface area (Å²) >= 11 is 0. The second-order valence-corrected chi connectivity index (χ2v) is 7.91. The fourth-order valence-electron chi connectivity index (χ4n) is 2.87. The van der Waals surface area contributed by atoms with Crippen molar-refractivity contribution in [3.8, 4) is 0 Å². The van der Waals surface area contributed by atoms with Crippen LogP contribution in [0.3, 0.4) is 0 Å². The van der Waals surface area contributed by atoms with E-state index in [0.29, 0.717) is 12.3 Å². The van der Waals surface area contributed by atoms with Gasteiger partial charge < -0.3 is 5.32 Å². The Kier molecular flexibility index (Phi) is 7.32. The van der Waals surface area contributed by atoms with Crippen LogP contribution in [0.5, 0.6) is 0 Å². The van der Waals surface area contributed by atoms with Crippen molar-refractivity contribution in [3.05, 3.63) is 0 Å². The zero-order valence-corrected chi connectivity index (χ0v) is 13.5. The van der Waals surface area contributed by atoms with Crippen molar-refractivity contribution in [2.45, 2.75) is 58.4 Å². The predicted molar refractivity (Wildman–Crippen MR) is 80.7 cm³/mol. The van der Waals surface area contributed by atoms with Gasteiger partial charge in [-0.25, -0.2) is 12.7 Å². The van der Waals surface area contributed by atoms with Crippen LogP contribution in [0, 0.1) is 5.92 Å². The monoisotopic (exact) mass is 290 g/mol. The van der Waals surface area contributed by atoms with Crippen LogP contribution < -0.4 is 5.32 Å². The molecule has 4 nitrogen and oxygen atoms in total. The first-order valence-electron chi connectivity index (χ1n) is 7.65. The Morgan fingerprint density at radius 3 is 2.53 bits per heavy atom. The van der Waals surface area contributed by atoms with E-state index in [0.717, 1.165) is 38.8 Å². The van der Waals surface area contributed by atoms with E-state index < -0.39 is 10.0 Å². The molecule has 0 aromatic carbocycles. The molecule has 1 N–H and O–H groups in total. The molecule has 2 atom stereocenters. The van der Waals surface area contributed by atoms with Crippen molar-refractivity contribution in [2.75, 3.05) is 25.9 Å². The standard InChI is InChI=1S/C14H30N2O2S/c1-4-10-15-11-7-12-19(17,18)16(3)14-9-6-5-8-13(14)2/h13-15H,4-12H2,1-3H3. The highest BCUT2D eigenvalue weighted by atomic mass is 32.2. The molecule has 1 fully saturated rings. The molecule has 1 rings (SSSR count). The van der Waals surface area contributed by atoms with Gasteiger partial charge in [0.2, 0.25) is 10.0 Å². The van der Waals surface area contributed by atoms with Gasteiger partial charge in [-0.15, -0.1) is 0 Å². The van der Waals surface area contributed by atoms with E-state index in [4.69, 9.17) is 0 Å². The molecule has 1 saturated carbocycles. The SMILES string of the molecule is CCCNCCCS(=O)(=O)N(C)C1CCCCC1C. The average molecular weight is 290 g/mol. The summed E-state index contributed by atoms with van der Waals surface area (Å²) in [6, 6.07) is 0.211. The first kappa shape index (κ1) is 16.9. The van der Waals surface area contributed by atoms with Gasteiger partial charge in [0.05, 0.1) is 5.75 Å². The molecule has 5 heteroatoms. The summed E-state index contributed by atoms with van der Waals surface area (Å²) in [5.41, 5.74) is 0. The lowest BCUT2D eigenvalue weighted by Gasteiger charge is -2.35. The molecule has 0 spiro atoms. The number of nitrogens with zero attached hydrogens (tertiary/aromatic N) is 1. The molecule has 114 valence electrons. The Balaban J connectivity index is 2.42. The van der Waals surface area contributed by atoms with Crippen LogP contribution in [0.2, 0.25) is 0 Å². The topological polar surface area (TPSA) is 49.4 Å². The molecule has 1 aliphatic carbocycles. The summed E-state index contributed by atoms with van der Waals surface area (Å²) in [4.78, 5) is 0. The maximum absolute atomic E-state index is 12.3. The Morgan fingerprint density at radius 1 is 1.21 bits per heavy atom. The Bertz CT molecular complexity index is 343. The Morgan fingerprint density at radius 2 is 1.89 bits per heavy atom. The molecule has 0 aromatic rings. The third-order valence-electron chi connectivity index (χ3n) is 4.15. The summed E-state index contributed by atoms with van der Waals surface area (Å²) in [7, 11) is -1.32. The minimum atomic E-state index is -3.09. The van der Waals surface area contributed by atoms with Gasteiger partial charge in [-0.1, -0.05) is 26.7 Å². The molecule has 0 aliphatic heterocycles. The highest BCUT2D eigenvalue weighted by Crippen LogP contribution is 2.28. The molecular formula is C14H30N2O2S. The van der Waals surface area contributed by atoms with E-state index in [9.17, 15) is 8.42 Å². The number of hydrogen-bond donors (Lipinski definition) is 1. The molecule has 2 unspecified atom stereocenters. The van der Waals surface area contributed by atoms with E-state index in [1.165, 1.54) is 6.42 Å². The van der Waals surface area contributed by atoms with Crippen LogP contribution in [-0.2, 0) is 10.0 Å². The number of nitrogens with one attached hydrogen (secondary N) is 1. The van der Waals surface area contributed by atoms with Crippen molar-refractivity contribution in [1.82, 2.24) is 9.62 Å². The van der Waals surface area contributed by atoms with Crippen LogP contribution in [0.4, 0.5) is 0 Å². The lowest BCUT2D eigenvalue weighted by atomic mass is 9.86. The van der Waals surface area contributed by atoms with Crippen LogP contribution in [0.1, 0.15) is 52.4 Å². The Hall–Kier alpha value is -0.130. The first-order chi connectivity index (χ1) is 8.99. The first-order valence-corrected chi connectivity index (χ1v) is 9.26. The summed E-state index contributed by atoms with van der Waals surface area (Å²) in [5, 5.41) is 3.25. The van der Waals surface area contributed by atoms with Gasteiger partial charge in [-0.05, 0) is 44.7 Å². The van der Waals surface area contributed by atoms with Crippen LogP contribution in [-0.4, -0.2) is 44.7 Å². The van der Waals surface area contributed by atoms with E-state index in [2.05, 4.69) is 19.2 Å². The van der Waals surface area contributed by atoms with Crippen LogP contribution in [0.15, 0.2) is 0 Å². The maximum atomic E-state index is 12.3. The molecule has 0 aromatic heterocycles. The zero-order valence-electron chi connectivity index (χ0n) is 12.7. The van der Waals surface area contributed by atoms with E-state index in [-0.39, 0.29) is 11.8 Å². The van der Waals surface area contributed by atoms with Crippen molar-refractivity contribution in [2.24, 2.45) is 5.92 Å². The molecule has 0 saturated heterocycles. The van der Waals surface area contributed by atoms with Crippen molar-refractivity contribution >= 4 is 10.0 Å². The predicted octanol–water partition coefficient (Wildman–Crippen LogP) is 2.22. The fourth-order valence-corrected chi connectivity index (χ4v) is 4.39. The molecule has 19 heavy (non-hydrogen) atoms. The number of rotatable bonds is 8. The van der Waals surface area contributed by atoms with Crippen molar-refractivity contribution in [3.63, 3.8) is 0 Å². The minimum Gasteiger partial charge on any atom is -0.317 e. The maximum Gasteiger partial charge on any atom is 0.214 e. The van der Waals surface area contributed by atoms with Gasteiger partial charge >= 0.3 is 0 Å². The van der Waals surface area contributed by atoms with Crippen molar-refractivity contribution < 1.29 is 8.42 Å². The van der Waals surface area contributed by atoms with E-state index in [1.807, 2.05) is 0 Å². The van der Waals surface area contributed by atoms with Gasteiger partial charge in [0.15, 0.2) is 0 Å². The summed E-state index contributed by atoms with van der Waals surface area (Å²) < 4.78 is 26.3. The fraction of sp³-hybridized carbons (Fsp3) is 1.00. The summed E-state index contributed by atoms with van der Waals surface area (Å²) in [5.74, 6) is 0.760. The van der Waals surface area contributed by atoms with E-state index >= 15 is 0 Å². The van der Waals surface area contributed by atoms with Gasteiger partial charge in [-0.3, -0.25) is 0 Å². The van der Waals surface area contributed by atoms with Crippen LogP contribution >= 0.6 is 0 Å². The highest BCUT2D eigenvalue weighted by molar-refractivity contribution is 7.89. The molecule has 0 amide bonds.